The number of nitrogens with two attached hydrogens (primary N) is 1. The van der Waals surface area contributed by atoms with E-state index in [-0.39, 0.29) is 0 Å². The molecular weight excluding hydrogens is 284 g/mol. The van der Waals surface area contributed by atoms with Gasteiger partial charge < -0.3 is 4.74 Å². The van der Waals surface area contributed by atoms with Gasteiger partial charge in [-0.3, -0.25) is 5.43 Å². The van der Waals surface area contributed by atoms with Gasteiger partial charge in [0.05, 0.1) is 5.39 Å². The molecule has 0 saturated heterocycles. The van der Waals surface area contributed by atoms with Gasteiger partial charge in [0.15, 0.2) is 0 Å². The van der Waals surface area contributed by atoms with Gasteiger partial charge in [-0.15, -0.1) is 11.3 Å². The molecule has 0 spiro atoms. The Hall–Kier alpha value is -2.18. The lowest BCUT2D eigenvalue weighted by molar-refractivity contribution is 0.465. The Morgan fingerprint density at radius 2 is 1.95 bits per heavy atom. The average molecular weight is 300 g/mol. The van der Waals surface area contributed by atoms with Gasteiger partial charge in [0.2, 0.25) is 11.8 Å². The van der Waals surface area contributed by atoms with E-state index in [2.05, 4.69) is 21.5 Å². The van der Waals surface area contributed by atoms with Gasteiger partial charge in [-0.05, 0) is 44.0 Å². The van der Waals surface area contributed by atoms with Crippen LogP contribution in [0.2, 0.25) is 0 Å². The molecule has 3 N–H and O–H groups in total. The quantitative estimate of drug-likeness (QED) is 0.570. The molecule has 2 heterocycles. The molecule has 0 aliphatic carbocycles. The first-order valence-electron chi connectivity index (χ1n) is 6.56. The van der Waals surface area contributed by atoms with Gasteiger partial charge in [0.1, 0.15) is 10.6 Å². The summed E-state index contributed by atoms with van der Waals surface area (Å²) in [5, 5.41) is 0.900. The largest absolute Gasteiger partial charge is 0.438 e. The summed E-state index contributed by atoms with van der Waals surface area (Å²) in [4.78, 5) is 10.7. The molecule has 0 radical (unpaired) electrons. The zero-order chi connectivity index (χ0) is 15.0. The van der Waals surface area contributed by atoms with Crippen LogP contribution in [0, 0.1) is 20.8 Å². The molecular formula is C15H16N4OS. The molecule has 0 fully saturated rings. The molecule has 5 nitrogen and oxygen atoms in total. The van der Waals surface area contributed by atoms with Crippen molar-refractivity contribution in [2.75, 3.05) is 5.43 Å². The number of nitrogen functional groups attached to an aromatic ring is 1. The van der Waals surface area contributed by atoms with E-state index in [1.807, 2.05) is 39.0 Å². The predicted molar refractivity (Wildman–Crippen MR) is 86.0 cm³/mol. The van der Waals surface area contributed by atoms with Crippen LogP contribution in [0.1, 0.15) is 16.0 Å². The number of aryl methyl sites for hydroxylation is 3. The van der Waals surface area contributed by atoms with Crippen LogP contribution in [0.3, 0.4) is 0 Å². The first kappa shape index (κ1) is 13.8. The van der Waals surface area contributed by atoms with E-state index >= 15 is 0 Å². The van der Waals surface area contributed by atoms with Gasteiger partial charge in [-0.25, -0.2) is 10.8 Å². The topological polar surface area (TPSA) is 73.1 Å². The molecule has 0 unspecified atom stereocenters. The Labute approximate surface area is 126 Å². The number of nitrogens with one attached hydrogen (secondary N) is 1. The van der Waals surface area contributed by atoms with E-state index in [1.54, 1.807) is 11.3 Å². The van der Waals surface area contributed by atoms with Crippen molar-refractivity contribution in [3.63, 3.8) is 0 Å². The number of rotatable bonds is 3. The summed E-state index contributed by atoms with van der Waals surface area (Å²) < 4.78 is 6.02. The van der Waals surface area contributed by atoms with Crippen LogP contribution in [0.15, 0.2) is 24.3 Å². The first-order chi connectivity index (χ1) is 10.1. The van der Waals surface area contributed by atoms with E-state index in [9.17, 15) is 0 Å². The zero-order valence-corrected chi connectivity index (χ0v) is 12.9. The van der Waals surface area contributed by atoms with E-state index in [0.717, 1.165) is 32.0 Å². The van der Waals surface area contributed by atoms with Crippen molar-refractivity contribution in [2.24, 2.45) is 5.84 Å². The van der Waals surface area contributed by atoms with Gasteiger partial charge >= 0.3 is 0 Å². The Bertz CT molecular complexity index is 813. The molecule has 1 aromatic carbocycles. The summed E-state index contributed by atoms with van der Waals surface area (Å²) in [7, 11) is 0. The fourth-order valence-corrected chi connectivity index (χ4v) is 2.95. The summed E-state index contributed by atoms with van der Waals surface area (Å²) in [6, 6.07) is 8.11. The number of ether oxygens (including phenoxy) is 1. The number of aromatic nitrogens is 2. The fourth-order valence-electron chi connectivity index (χ4n) is 2.08. The lowest BCUT2D eigenvalue weighted by atomic mass is 10.1. The highest BCUT2D eigenvalue weighted by molar-refractivity contribution is 7.18. The molecule has 0 saturated carbocycles. The predicted octanol–water partition coefficient (Wildman–Crippen LogP) is 3.69. The van der Waals surface area contributed by atoms with Crippen molar-refractivity contribution in [2.45, 2.75) is 20.8 Å². The van der Waals surface area contributed by atoms with Gasteiger partial charge in [0.25, 0.3) is 0 Å². The minimum atomic E-state index is 0.352. The summed E-state index contributed by atoms with van der Waals surface area (Å²) in [6.07, 6.45) is 0. The zero-order valence-electron chi connectivity index (χ0n) is 12.1. The molecule has 0 aliphatic rings. The lowest BCUT2D eigenvalue weighted by Gasteiger charge is -2.10. The number of anilines is 1. The summed E-state index contributed by atoms with van der Waals surface area (Å²) in [5.74, 6) is 7.10. The van der Waals surface area contributed by atoms with Crippen LogP contribution in [-0.2, 0) is 0 Å². The minimum absolute atomic E-state index is 0.352. The lowest BCUT2D eigenvalue weighted by Crippen LogP contribution is -2.10. The van der Waals surface area contributed by atoms with E-state index < -0.39 is 0 Å². The van der Waals surface area contributed by atoms with E-state index in [4.69, 9.17) is 10.6 Å². The molecule has 0 amide bonds. The van der Waals surface area contributed by atoms with E-state index in [1.165, 1.54) is 0 Å². The maximum Gasteiger partial charge on any atom is 0.241 e. The second kappa shape index (κ2) is 5.31. The molecule has 3 rings (SSSR count). The third-order valence-electron chi connectivity index (χ3n) is 3.16. The maximum absolute atomic E-state index is 6.02. The smallest absolute Gasteiger partial charge is 0.241 e. The van der Waals surface area contributed by atoms with Crippen LogP contribution >= 0.6 is 11.3 Å². The third kappa shape index (κ3) is 2.68. The van der Waals surface area contributed by atoms with Crippen LogP contribution in [0.25, 0.3) is 10.2 Å². The Morgan fingerprint density at radius 1 is 1.14 bits per heavy atom. The second-order valence-electron chi connectivity index (χ2n) is 4.94. The number of hydrogen-bond acceptors (Lipinski definition) is 6. The van der Waals surface area contributed by atoms with Crippen molar-refractivity contribution >= 4 is 27.5 Å². The number of thiophene rings is 1. The van der Waals surface area contributed by atoms with Crippen molar-refractivity contribution in [1.82, 2.24) is 9.97 Å². The first-order valence-corrected chi connectivity index (χ1v) is 7.38. The normalized spacial score (nSPS) is 10.9. The molecule has 6 heteroatoms. The fraction of sp³-hybridized carbons (Fsp3) is 0.200. The van der Waals surface area contributed by atoms with Gasteiger partial charge in [0, 0.05) is 4.88 Å². The Kier molecular flexibility index (Phi) is 3.48. The SMILES string of the molecule is Cc1ccc(C)c(Oc2nc(NN)nc3sc(C)cc23)c1. The number of benzene rings is 1. The van der Waals surface area contributed by atoms with Crippen molar-refractivity contribution in [1.29, 1.82) is 0 Å². The summed E-state index contributed by atoms with van der Waals surface area (Å²) >= 11 is 1.59. The molecule has 3 aromatic rings. The number of hydrogen-bond donors (Lipinski definition) is 2. The molecule has 0 atom stereocenters. The van der Waals surface area contributed by atoms with Crippen LogP contribution in [-0.4, -0.2) is 9.97 Å². The number of hydrazine groups is 1. The average Bonchev–Trinajstić information content (AvgIpc) is 2.83. The maximum atomic E-state index is 6.02. The molecule has 21 heavy (non-hydrogen) atoms. The molecule has 0 aliphatic heterocycles. The van der Waals surface area contributed by atoms with Gasteiger partial charge in [-0.2, -0.15) is 4.98 Å². The minimum Gasteiger partial charge on any atom is -0.438 e. The van der Waals surface area contributed by atoms with Crippen LogP contribution in [0.5, 0.6) is 11.6 Å². The Balaban J connectivity index is 2.12. The summed E-state index contributed by atoms with van der Waals surface area (Å²) in [6.45, 7) is 6.07. The van der Waals surface area contributed by atoms with Crippen molar-refractivity contribution < 1.29 is 4.74 Å². The second-order valence-corrected chi connectivity index (χ2v) is 6.18. The number of fused-ring (bicyclic) bond motifs is 1. The Morgan fingerprint density at radius 3 is 2.71 bits per heavy atom. The number of nitrogens with zero attached hydrogens (tertiary/aromatic N) is 2. The van der Waals surface area contributed by atoms with E-state index in [0.29, 0.717) is 11.8 Å². The highest BCUT2D eigenvalue weighted by Gasteiger charge is 2.13. The molecule has 2 aromatic heterocycles. The van der Waals surface area contributed by atoms with Crippen molar-refractivity contribution in [3.05, 3.63) is 40.3 Å². The van der Waals surface area contributed by atoms with Gasteiger partial charge in [-0.1, -0.05) is 12.1 Å². The van der Waals surface area contributed by atoms with Crippen LogP contribution in [0.4, 0.5) is 5.95 Å². The monoisotopic (exact) mass is 300 g/mol. The standard InChI is InChI=1S/C15H16N4OS/c1-8-4-5-9(2)12(6-8)20-13-11-7-10(3)21-14(11)18-15(17-13)19-16/h4-7H,16H2,1-3H3,(H,17,18,19). The molecule has 108 valence electrons. The summed E-state index contributed by atoms with van der Waals surface area (Å²) in [5.41, 5.74) is 4.68. The highest BCUT2D eigenvalue weighted by Crippen LogP contribution is 2.34. The van der Waals surface area contributed by atoms with Crippen LogP contribution < -0.4 is 16.0 Å². The van der Waals surface area contributed by atoms with Crippen molar-refractivity contribution in [3.8, 4) is 11.6 Å². The third-order valence-corrected chi connectivity index (χ3v) is 4.10. The highest BCUT2D eigenvalue weighted by atomic mass is 32.1. The molecule has 0 bridgehead atoms.